The maximum Gasteiger partial charge on any atom is 0.471 e. The van der Waals surface area contributed by atoms with Crippen molar-refractivity contribution >= 4 is 29.2 Å². The second-order valence-corrected chi connectivity index (χ2v) is 4.81. The minimum Gasteiger partial charge on any atom is -0.346 e. The number of fused-ring (bicyclic) bond motifs is 1. The summed E-state index contributed by atoms with van der Waals surface area (Å²) in [4.78, 5) is 17.5. The van der Waals surface area contributed by atoms with Crippen molar-refractivity contribution in [2.45, 2.75) is 19.6 Å². The molecule has 0 aliphatic rings. The molecule has 1 amide bonds. The van der Waals surface area contributed by atoms with Crippen LogP contribution in [-0.2, 0) is 11.3 Å². The van der Waals surface area contributed by atoms with Crippen LogP contribution in [0.3, 0.4) is 0 Å². The minimum absolute atomic E-state index is 0.0367. The van der Waals surface area contributed by atoms with Crippen molar-refractivity contribution in [1.82, 2.24) is 19.9 Å². The van der Waals surface area contributed by atoms with Gasteiger partial charge in [-0.3, -0.25) is 4.79 Å². The molecule has 0 radical (unpaired) electrons. The van der Waals surface area contributed by atoms with E-state index in [0.717, 1.165) is 0 Å². The number of carbonyl (C=O) groups is 1. The monoisotopic (exact) mass is 329 g/mol. The topological polar surface area (TPSA) is 86.5 Å². The zero-order chi connectivity index (χ0) is 16.5. The lowest BCUT2D eigenvalue weighted by atomic mass is 10.2. The average Bonchev–Trinajstić information content (AvgIpc) is 2.71. The normalized spacial score (nSPS) is 11.4. The van der Waals surface area contributed by atoms with Crippen LogP contribution >= 0.6 is 12.2 Å². The van der Waals surface area contributed by atoms with E-state index in [4.69, 9.17) is 12.2 Å². The number of aromatic nitrogens is 3. The first-order chi connectivity index (χ1) is 10.3. The number of rotatable bonds is 3. The van der Waals surface area contributed by atoms with E-state index < -0.39 is 12.1 Å². The van der Waals surface area contributed by atoms with E-state index >= 15 is 0 Å². The first-order valence-electron chi connectivity index (χ1n) is 6.09. The molecule has 0 spiro atoms. The molecule has 0 unspecified atom stereocenters. The molecule has 0 fully saturated rings. The van der Waals surface area contributed by atoms with E-state index in [9.17, 15) is 23.2 Å². The SMILES string of the molecule is Cc1c(C#N)c2nc[nH]c(=S)c2n1CCNC(=O)C(F)(F)F. The molecular weight excluding hydrogens is 319 g/mol. The Kier molecular flexibility index (Phi) is 4.18. The van der Waals surface area contributed by atoms with Crippen LogP contribution in [0.1, 0.15) is 11.3 Å². The molecule has 6 nitrogen and oxygen atoms in total. The predicted octanol–water partition coefficient (Wildman–Crippen LogP) is 1.95. The summed E-state index contributed by atoms with van der Waals surface area (Å²) >= 11 is 5.13. The summed E-state index contributed by atoms with van der Waals surface area (Å²) in [6.45, 7) is 1.42. The molecule has 2 aromatic rings. The Morgan fingerprint density at radius 3 is 2.86 bits per heavy atom. The van der Waals surface area contributed by atoms with Crippen molar-refractivity contribution < 1.29 is 18.0 Å². The number of carbonyl (C=O) groups excluding carboxylic acids is 1. The molecule has 0 aliphatic heterocycles. The Morgan fingerprint density at radius 2 is 2.27 bits per heavy atom. The lowest BCUT2D eigenvalue weighted by Crippen LogP contribution is -2.38. The minimum atomic E-state index is -4.93. The van der Waals surface area contributed by atoms with Gasteiger partial charge in [-0.25, -0.2) is 4.98 Å². The van der Waals surface area contributed by atoms with Crippen LogP contribution in [0.2, 0.25) is 0 Å². The van der Waals surface area contributed by atoms with Crippen molar-refractivity contribution in [3.8, 4) is 6.07 Å². The summed E-state index contributed by atoms with van der Waals surface area (Å²) in [5, 5.41) is 11.0. The summed E-state index contributed by atoms with van der Waals surface area (Å²) in [6.07, 6.45) is -3.58. The van der Waals surface area contributed by atoms with Crippen LogP contribution in [0.15, 0.2) is 6.33 Å². The number of nitrogens with zero attached hydrogens (tertiary/aromatic N) is 3. The van der Waals surface area contributed by atoms with Crippen molar-refractivity contribution in [3.05, 3.63) is 22.2 Å². The second-order valence-electron chi connectivity index (χ2n) is 4.41. The maximum atomic E-state index is 12.1. The maximum absolute atomic E-state index is 12.1. The van der Waals surface area contributed by atoms with Gasteiger partial charge in [0.1, 0.15) is 21.7 Å². The number of alkyl halides is 3. The standard InChI is InChI=1S/C12H10F3N5OS/c1-6-7(4-16)8-9(10(22)19-5-18-8)20(6)3-2-17-11(21)12(13,14)15/h5H,2-3H2,1H3,(H,17,21)(H,18,19,22). The fraction of sp³-hybridized carbons (Fsp3) is 0.333. The number of hydrogen-bond acceptors (Lipinski definition) is 4. The first-order valence-corrected chi connectivity index (χ1v) is 6.49. The fourth-order valence-corrected chi connectivity index (χ4v) is 2.35. The molecule has 2 heterocycles. The van der Waals surface area contributed by atoms with Gasteiger partial charge in [-0.05, 0) is 6.92 Å². The van der Waals surface area contributed by atoms with Gasteiger partial charge in [0, 0.05) is 18.8 Å². The summed E-state index contributed by atoms with van der Waals surface area (Å²) in [5.41, 5.74) is 1.66. The third-order valence-electron chi connectivity index (χ3n) is 3.09. The highest BCUT2D eigenvalue weighted by atomic mass is 32.1. The van der Waals surface area contributed by atoms with Crippen LogP contribution in [0.5, 0.6) is 0 Å². The summed E-state index contributed by atoms with van der Waals surface area (Å²) < 4.78 is 38.3. The Balaban J connectivity index is 2.33. The highest BCUT2D eigenvalue weighted by molar-refractivity contribution is 7.71. The lowest BCUT2D eigenvalue weighted by molar-refractivity contribution is -0.173. The highest BCUT2D eigenvalue weighted by Gasteiger charge is 2.38. The third kappa shape index (κ3) is 2.80. The number of halogens is 3. The average molecular weight is 329 g/mol. The van der Waals surface area contributed by atoms with Gasteiger partial charge in [-0.15, -0.1) is 0 Å². The summed E-state index contributed by atoms with van der Waals surface area (Å²) in [5.74, 6) is -2.01. The zero-order valence-electron chi connectivity index (χ0n) is 11.3. The number of nitrogens with one attached hydrogen (secondary N) is 2. The zero-order valence-corrected chi connectivity index (χ0v) is 12.1. The molecule has 22 heavy (non-hydrogen) atoms. The molecule has 10 heteroatoms. The smallest absolute Gasteiger partial charge is 0.346 e. The van der Waals surface area contributed by atoms with Crippen molar-refractivity contribution in [3.63, 3.8) is 0 Å². The number of amides is 1. The molecule has 0 aliphatic carbocycles. The number of H-pyrrole nitrogens is 1. The van der Waals surface area contributed by atoms with E-state index in [-0.39, 0.29) is 13.1 Å². The Morgan fingerprint density at radius 1 is 1.59 bits per heavy atom. The van der Waals surface area contributed by atoms with Gasteiger partial charge >= 0.3 is 12.1 Å². The van der Waals surface area contributed by atoms with Gasteiger partial charge in [0.2, 0.25) is 0 Å². The molecule has 0 saturated heterocycles. The Bertz CT molecular complexity index is 830. The van der Waals surface area contributed by atoms with Gasteiger partial charge in [0.15, 0.2) is 0 Å². The quantitative estimate of drug-likeness (QED) is 0.843. The van der Waals surface area contributed by atoms with Crippen LogP contribution in [0.25, 0.3) is 11.0 Å². The van der Waals surface area contributed by atoms with Gasteiger partial charge in [-0.2, -0.15) is 18.4 Å². The van der Waals surface area contributed by atoms with E-state index in [1.807, 2.05) is 6.07 Å². The fourth-order valence-electron chi connectivity index (χ4n) is 2.09. The molecule has 0 saturated carbocycles. The second kappa shape index (κ2) is 5.76. The van der Waals surface area contributed by atoms with Crippen LogP contribution < -0.4 is 5.32 Å². The molecule has 0 aromatic carbocycles. The number of aromatic amines is 1. The summed E-state index contributed by atoms with van der Waals surface area (Å²) in [7, 11) is 0. The van der Waals surface area contributed by atoms with Gasteiger partial charge in [0.05, 0.1) is 11.9 Å². The van der Waals surface area contributed by atoms with Crippen molar-refractivity contribution in [2.24, 2.45) is 0 Å². The van der Waals surface area contributed by atoms with E-state index in [1.165, 1.54) is 6.33 Å². The van der Waals surface area contributed by atoms with E-state index in [1.54, 1.807) is 16.8 Å². The molecule has 0 atom stereocenters. The van der Waals surface area contributed by atoms with Gasteiger partial charge in [0.25, 0.3) is 0 Å². The van der Waals surface area contributed by atoms with E-state index in [2.05, 4.69) is 9.97 Å². The first kappa shape index (κ1) is 16.0. The summed E-state index contributed by atoms with van der Waals surface area (Å²) in [6, 6.07) is 2.00. The number of hydrogen-bond donors (Lipinski definition) is 2. The molecular formula is C12H10F3N5OS. The molecule has 2 N–H and O–H groups in total. The van der Waals surface area contributed by atoms with Gasteiger partial charge in [-0.1, -0.05) is 12.2 Å². The molecule has 2 rings (SSSR count). The molecule has 116 valence electrons. The Labute approximate surface area is 127 Å². The number of nitriles is 1. The predicted molar refractivity (Wildman–Crippen MR) is 73.4 cm³/mol. The molecule has 0 bridgehead atoms. The lowest BCUT2D eigenvalue weighted by Gasteiger charge is -2.10. The van der Waals surface area contributed by atoms with Crippen molar-refractivity contribution in [2.75, 3.05) is 6.54 Å². The van der Waals surface area contributed by atoms with Crippen molar-refractivity contribution in [1.29, 1.82) is 5.26 Å². The highest BCUT2D eigenvalue weighted by Crippen LogP contribution is 2.23. The van der Waals surface area contributed by atoms with E-state index in [0.29, 0.717) is 26.9 Å². The third-order valence-corrected chi connectivity index (χ3v) is 3.40. The van der Waals surface area contributed by atoms with Gasteiger partial charge < -0.3 is 14.9 Å². The largest absolute Gasteiger partial charge is 0.471 e. The van der Waals surface area contributed by atoms with Crippen LogP contribution in [-0.4, -0.2) is 33.2 Å². The van der Waals surface area contributed by atoms with Crippen LogP contribution in [0.4, 0.5) is 13.2 Å². The van der Waals surface area contributed by atoms with Crippen LogP contribution in [0, 0.1) is 22.9 Å². The molecule has 2 aromatic heterocycles. The Hall–Kier alpha value is -2.41.